The van der Waals surface area contributed by atoms with Crippen molar-refractivity contribution >= 4 is 17.8 Å². The molecule has 7 heteroatoms. The van der Waals surface area contributed by atoms with Gasteiger partial charge in [0.2, 0.25) is 11.5 Å². The second-order valence-electron chi connectivity index (χ2n) is 8.13. The zero-order valence-electron chi connectivity index (χ0n) is 16.0. The molecule has 1 aliphatic heterocycles. The number of aromatic nitrogens is 2. The van der Waals surface area contributed by atoms with Crippen molar-refractivity contribution in [1.82, 2.24) is 14.0 Å². The zero-order valence-corrected chi connectivity index (χ0v) is 16.0. The Balaban J connectivity index is 1.93. The zero-order chi connectivity index (χ0) is 18.8. The maximum Gasteiger partial charge on any atom is 0.330 e. The molecular formula is C18H30N4O3. The molecule has 0 bridgehead atoms. The van der Waals surface area contributed by atoms with Gasteiger partial charge in [0.1, 0.15) is 0 Å². The van der Waals surface area contributed by atoms with Crippen molar-refractivity contribution in [3.8, 4) is 0 Å². The van der Waals surface area contributed by atoms with E-state index in [1.807, 2.05) is 7.05 Å². The Morgan fingerprint density at radius 3 is 2.60 bits per heavy atom. The molecule has 1 unspecified atom stereocenters. The molecule has 2 heterocycles. The SMILES string of the molecule is C[C@@H](CCCC(C)(C)[O-])CCC[N+]1(C)C=Nc2c1c(=O)[nH]c(=O)n2C. The molecule has 25 heavy (non-hydrogen) atoms. The van der Waals surface area contributed by atoms with Crippen LogP contribution in [0, 0.1) is 5.92 Å². The van der Waals surface area contributed by atoms with Crippen molar-refractivity contribution < 1.29 is 5.11 Å². The van der Waals surface area contributed by atoms with Crippen LogP contribution in [-0.4, -0.2) is 35.1 Å². The highest BCUT2D eigenvalue weighted by Gasteiger charge is 2.36. The second-order valence-corrected chi connectivity index (χ2v) is 8.13. The lowest BCUT2D eigenvalue weighted by atomic mass is 9.94. The molecule has 7 nitrogen and oxygen atoms in total. The van der Waals surface area contributed by atoms with Crippen LogP contribution in [0.15, 0.2) is 14.6 Å². The number of nitrogens with one attached hydrogen (secondary N) is 1. The summed E-state index contributed by atoms with van der Waals surface area (Å²) >= 11 is 0. The van der Waals surface area contributed by atoms with Crippen molar-refractivity contribution in [3.05, 3.63) is 20.8 Å². The van der Waals surface area contributed by atoms with Gasteiger partial charge in [0.25, 0.3) is 0 Å². The summed E-state index contributed by atoms with van der Waals surface area (Å²) in [6.07, 6.45) is 6.44. The van der Waals surface area contributed by atoms with Crippen molar-refractivity contribution in [1.29, 1.82) is 0 Å². The Bertz CT molecular complexity index is 757. The van der Waals surface area contributed by atoms with Gasteiger partial charge in [-0.1, -0.05) is 40.0 Å². The molecule has 0 spiro atoms. The molecule has 140 valence electrons. The standard InChI is InChI=1S/C18H30N4O3/c1-13(8-6-10-18(2,3)25)9-7-11-22(5)12-19-15-14(22)16(23)20-17(24)21(15)4/h12-13H,6-11H2,1-5H3,(H,20,23,24)/t13-,22?/m0/s1. The summed E-state index contributed by atoms with van der Waals surface area (Å²) in [5.74, 6) is 0.994. The average Bonchev–Trinajstić information content (AvgIpc) is 2.82. The number of nitrogens with zero attached hydrogens (tertiary/aromatic N) is 3. The van der Waals surface area contributed by atoms with Gasteiger partial charge in [-0.05, 0) is 18.8 Å². The van der Waals surface area contributed by atoms with E-state index in [4.69, 9.17) is 0 Å². The molecule has 1 N–H and O–H groups in total. The van der Waals surface area contributed by atoms with E-state index in [1.165, 1.54) is 4.57 Å². The van der Waals surface area contributed by atoms with Crippen LogP contribution in [0.5, 0.6) is 0 Å². The van der Waals surface area contributed by atoms with Crippen LogP contribution in [0.25, 0.3) is 0 Å². The molecule has 0 saturated heterocycles. The van der Waals surface area contributed by atoms with Gasteiger partial charge in [-0.3, -0.25) is 14.3 Å². The monoisotopic (exact) mass is 350 g/mol. The fourth-order valence-corrected chi connectivity index (χ4v) is 3.40. The summed E-state index contributed by atoms with van der Waals surface area (Å²) in [6.45, 7) is 6.44. The number of hydrogen-bond acceptors (Lipinski definition) is 4. The van der Waals surface area contributed by atoms with E-state index < -0.39 is 11.3 Å². The van der Waals surface area contributed by atoms with Gasteiger partial charge in [0.15, 0.2) is 6.34 Å². The van der Waals surface area contributed by atoms with Crippen LogP contribution in [0.3, 0.4) is 0 Å². The number of hydrogen-bond donors (Lipinski definition) is 1. The third kappa shape index (κ3) is 4.67. The molecule has 0 saturated carbocycles. The average molecular weight is 350 g/mol. The van der Waals surface area contributed by atoms with E-state index in [0.29, 0.717) is 28.3 Å². The van der Waals surface area contributed by atoms with Crippen LogP contribution >= 0.6 is 0 Å². The van der Waals surface area contributed by atoms with E-state index in [0.717, 1.165) is 32.2 Å². The number of H-pyrrole nitrogens is 1. The molecular weight excluding hydrogens is 320 g/mol. The number of rotatable bonds is 8. The lowest BCUT2D eigenvalue weighted by Gasteiger charge is -2.31. The van der Waals surface area contributed by atoms with E-state index in [2.05, 4.69) is 16.9 Å². The first kappa shape index (κ1) is 19.6. The van der Waals surface area contributed by atoms with Crippen LogP contribution in [0.2, 0.25) is 0 Å². The summed E-state index contributed by atoms with van der Waals surface area (Å²) in [5, 5.41) is 11.6. The topological polar surface area (TPSA) is 90.3 Å². The largest absolute Gasteiger partial charge is 0.850 e. The van der Waals surface area contributed by atoms with E-state index in [-0.39, 0.29) is 5.56 Å². The minimum absolute atomic E-state index is 0.319. The number of fused-ring (bicyclic) bond motifs is 1. The minimum Gasteiger partial charge on any atom is -0.850 e. The second kappa shape index (κ2) is 7.25. The predicted octanol–water partition coefficient (Wildman–Crippen LogP) is 1.41. The lowest BCUT2D eigenvalue weighted by molar-refractivity contribution is -0.467. The quantitative estimate of drug-likeness (QED) is 0.719. The van der Waals surface area contributed by atoms with Crippen molar-refractivity contribution in [2.24, 2.45) is 18.0 Å². The van der Waals surface area contributed by atoms with Gasteiger partial charge in [-0.2, -0.15) is 4.99 Å². The summed E-state index contributed by atoms with van der Waals surface area (Å²) in [7, 11) is 3.56. The third-order valence-corrected chi connectivity index (χ3v) is 5.01. The lowest BCUT2D eigenvalue weighted by Crippen LogP contribution is -2.47. The van der Waals surface area contributed by atoms with Gasteiger partial charge in [-0.25, -0.2) is 9.28 Å². The van der Waals surface area contributed by atoms with E-state index in [9.17, 15) is 14.7 Å². The van der Waals surface area contributed by atoms with Gasteiger partial charge < -0.3 is 5.11 Å². The van der Waals surface area contributed by atoms with Crippen LogP contribution in [0.1, 0.15) is 52.9 Å². The Hall–Kier alpha value is -1.73. The molecule has 1 aliphatic rings. The van der Waals surface area contributed by atoms with E-state index >= 15 is 0 Å². The Labute approximate surface area is 148 Å². The fraction of sp³-hybridized carbons (Fsp3) is 0.722. The van der Waals surface area contributed by atoms with Gasteiger partial charge >= 0.3 is 11.2 Å². The maximum absolute atomic E-state index is 12.2. The van der Waals surface area contributed by atoms with Crippen LogP contribution in [0.4, 0.5) is 11.5 Å². The highest BCUT2D eigenvalue weighted by Crippen LogP contribution is 2.32. The Morgan fingerprint density at radius 2 is 1.96 bits per heavy atom. The number of quaternary nitrogens is 1. The van der Waals surface area contributed by atoms with E-state index in [1.54, 1.807) is 27.2 Å². The summed E-state index contributed by atoms with van der Waals surface area (Å²) < 4.78 is 1.70. The predicted molar refractivity (Wildman–Crippen MR) is 99.4 cm³/mol. The van der Waals surface area contributed by atoms with Gasteiger partial charge in [-0.15, -0.1) is 5.60 Å². The molecule has 2 rings (SSSR count). The fourth-order valence-electron chi connectivity index (χ4n) is 3.40. The third-order valence-electron chi connectivity index (χ3n) is 5.01. The molecule has 0 fully saturated rings. The highest BCUT2D eigenvalue weighted by molar-refractivity contribution is 5.86. The maximum atomic E-state index is 12.2. The molecule has 0 radical (unpaired) electrons. The highest BCUT2D eigenvalue weighted by atomic mass is 16.3. The molecule has 0 aromatic carbocycles. The first-order valence-corrected chi connectivity index (χ1v) is 8.98. The van der Waals surface area contributed by atoms with Crippen LogP contribution < -0.4 is 20.8 Å². The molecule has 2 atom stereocenters. The Morgan fingerprint density at radius 1 is 1.32 bits per heavy atom. The molecule has 1 aromatic heterocycles. The minimum atomic E-state index is -0.842. The van der Waals surface area contributed by atoms with Crippen molar-refractivity contribution in [2.75, 3.05) is 13.6 Å². The van der Waals surface area contributed by atoms with Crippen LogP contribution in [-0.2, 0) is 7.05 Å². The summed E-state index contributed by atoms with van der Waals surface area (Å²) in [5.41, 5.74) is -1.11. The first-order chi connectivity index (χ1) is 11.5. The summed E-state index contributed by atoms with van der Waals surface area (Å²) in [6, 6.07) is 0. The molecule has 0 aliphatic carbocycles. The van der Waals surface area contributed by atoms with Gasteiger partial charge in [0.05, 0.1) is 13.6 Å². The summed E-state index contributed by atoms with van der Waals surface area (Å²) in [4.78, 5) is 30.6. The number of aliphatic imine (C=N–C) groups is 1. The van der Waals surface area contributed by atoms with Crippen molar-refractivity contribution in [3.63, 3.8) is 0 Å². The van der Waals surface area contributed by atoms with Crippen molar-refractivity contribution in [2.45, 2.75) is 58.5 Å². The number of aromatic amines is 1. The first-order valence-electron chi connectivity index (χ1n) is 8.98. The van der Waals surface area contributed by atoms with Gasteiger partial charge in [0, 0.05) is 7.05 Å². The Kier molecular flexibility index (Phi) is 5.68. The smallest absolute Gasteiger partial charge is 0.330 e. The molecule has 1 aromatic rings. The molecule has 0 amide bonds. The normalized spacial score (nSPS) is 20.7.